The quantitative estimate of drug-likeness (QED) is 0.492. The van der Waals surface area contributed by atoms with Gasteiger partial charge in [-0.25, -0.2) is 0 Å². The third-order valence-electron chi connectivity index (χ3n) is 4.93. The molecule has 0 bridgehead atoms. The molecule has 1 aliphatic rings. The molecule has 7 nitrogen and oxygen atoms in total. The number of amides is 1. The summed E-state index contributed by atoms with van der Waals surface area (Å²) >= 11 is 5.83. The Morgan fingerprint density at radius 1 is 1.10 bits per heavy atom. The fraction of sp³-hybridized carbons (Fsp3) is 0.318. The first-order valence-corrected chi connectivity index (χ1v) is 9.74. The van der Waals surface area contributed by atoms with Crippen molar-refractivity contribution in [3.63, 3.8) is 0 Å². The summed E-state index contributed by atoms with van der Waals surface area (Å²) in [5.41, 5.74) is 0.910. The summed E-state index contributed by atoms with van der Waals surface area (Å²) in [6.45, 7) is 1.64. The molecule has 2 atom stereocenters. The normalized spacial score (nSPS) is 16.9. The van der Waals surface area contributed by atoms with E-state index < -0.39 is 18.0 Å². The van der Waals surface area contributed by atoms with E-state index in [9.17, 15) is 14.4 Å². The van der Waals surface area contributed by atoms with Crippen LogP contribution in [-0.2, 0) is 14.3 Å². The number of nitrogens with zero attached hydrogens (tertiary/aromatic N) is 1. The van der Waals surface area contributed by atoms with Gasteiger partial charge in [-0.3, -0.25) is 14.4 Å². The Kier molecular flexibility index (Phi) is 6.62. The van der Waals surface area contributed by atoms with Crippen molar-refractivity contribution in [1.29, 1.82) is 0 Å². The van der Waals surface area contributed by atoms with E-state index in [2.05, 4.69) is 0 Å². The highest BCUT2D eigenvalue weighted by atomic mass is 35.5. The number of Topliss-reactive ketones (excluding diaryl/α,β-unsaturated/α-hetero) is 1. The number of esters is 1. The molecular weight excluding hydrogens is 410 g/mol. The van der Waals surface area contributed by atoms with Gasteiger partial charge in [0.15, 0.2) is 6.10 Å². The number of ether oxygens (including phenoxy) is 3. The molecular formula is C22H22ClNO6. The second-order valence-corrected chi connectivity index (χ2v) is 7.33. The zero-order chi connectivity index (χ0) is 21.8. The van der Waals surface area contributed by atoms with Gasteiger partial charge in [0.1, 0.15) is 11.5 Å². The first-order chi connectivity index (χ1) is 14.3. The van der Waals surface area contributed by atoms with Crippen LogP contribution in [0.4, 0.5) is 5.69 Å². The first-order valence-electron chi connectivity index (χ1n) is 9.36. The first kappa shape index (κ1) is 21.6. The minimum absolute atomic E-state index is 0.0128. The lowest BCUT2D eigenvalue weighted by molar-refractivity contribution is -0.151. The van der Waals surface area contributed by atoms with Crippen molar-refractivity contribution in [2.45, 2.75) is 19.4 Å². The Morgan fingerprint density at radius 3 is 2.43 bits per heavy atom. The number of ketones is 1. The van der Waals surface area contributed by atoms with Gasteiger partial charge in [0.05, 0.1) is 25.8 Å². The molecule has 1 heterocycles. The molecule has 0 unspecified atom stereocenters. The van der Waals surface area contributed by atoms with E-state index in [4.69, 9.17) is 25.8 Å². The van der Waals surface area contributed by atoms with Crippen molar-refractivity contribution in [3.8, 4) is 11.5 Å². The Hall–Kier alpha value is -3.06. The standard InChI is InChI=1S/C22H22ClNO6/c1-13(21(26)14-4-6-16(23)7-5-14)30-22(27)15-10-20(25)24(12-15)18-11-17(28-2)8-9-19(18)29-3/h4-9,11,13,15H,10,12H2,1-3H3/t13-,15-/m1/s1. The molecule has 1 fully saturated rings. The molecule has 2 aromatic carbocycles. The topological polar surface area (TPSA) is 82.1 Å². The van der Waals surface area contributed by atoms with Crippen molar-refractivity contribution in [3.05, 3.63) is 53.1 Å². The highest BCUT2D eigenvalue weighted by molar-refractivity contribution is 6.30. The van der Waals surface area contributed by atoms with Gasteiger partial charge in [-0.1, -0.05) is 11.6 Å². The van der Waals surface area contributed by atoms with Crippen LogP contribution in [0.25, 0.3) is 0 Å². The SMILES string of the molecule is COc1ccc(OC)c(N2C[C@H](C(=O)O[C@H](C)C(=O)c3ccc(Cl)cc3)CC2=O)c1. The Morgan fingerprint density at radius 2 is 1.80 bits per heavy atom. The van der Waals surface area contributed by atoms with Crippen LogP contribution in [0.5, 0.6) is 11.5 Å². The molecule has 1 aliphatic heterocycles. The Labute approximate surface area is 179 Å². The van der Waals surface area contributed by atoms with E-state index in [1.807, 2.05) is 0 Å². The second-order valence-electron chi connectivity index (χ2n) is 6.89. The molecule has 3 rings (SSSR count). The van der Waals surface area contributed by atoms with E-state index in [-0.39, 0.29) is 24.7 Å². The minimum atomic E-state index is -0.978. The van der Waals surface area contributed by atoms with Crippen LogP contribution in [0.3, 0.4) is 0 Å². The van der Waals surface area contributed by atoms with Crippen molar-refractivity contribution < 1.29 is 28.6 Å². The third-order valence-corrected chi connectivity index (χ3v) is 5.18. The van der Waals surface area contributed by atoms with Gasteiger partial charge in [-0.15, -0.1) is 0 Å². The van der Waals surface area contributed by atoms with Crippen molar-refractivity contribution in [2.75, 3.05) is 25.7 Å². The molecule has 2 aromatic rings. The van der Waals surface area contributed by atoms with Gasteiger partial charge in [0, 0.05) is 29.6 Å². The average Bonchev–Trinajstić information content (AvgIpc) is 3.14. The predicted octanol–water partition coefficient (Wildman–Crippen LogP) is 3.52. The third kappa shape index (κ3) is 4.57. The van der Waals surface area contributed by atoms with Crippen LogP contribution >= 0.6 is 11.6 Å². The van der Waals surface area contributed by atoms with Crippen LogP contribution in [0.15, 0.2) is 42.5 Å². The summed E-state index contributed by atoms with van der Waals surface area (Å²) in [4.78, 5) is 39.1. The van der Waals surface area contributed by atoms with Gasteiger partial charge in [0.2, 0.25) is 11.7 Å². The fourth-order valence-electron chi connectivity index (χ4n) is 3.28. The van der Waals surface area contributed by atoms with Crippen molar-refractivity contribution in [1.82, 2.24) is 0 Å². The zero-order valence-corrected chi connectivity index (χ0v) is 17.6. The maximum Gasteiger partial charge on any atom is 0.312 e. The molecule has 0 saturated carbocycles. The van der Waals surface area contributed by atoms with Gasteiger partial charge < -0.3 is 19.1 Å². The molecule has 0 aromatic heterocycles. The van der Waals surface area contributed by atoms with Gasteiger partial charge in [0.25, 0.3) is 0 Å². The highest BCUT2D eigenvalue weighted by Crippen LogP contribution is 2.36. The van der Waals surface area contributed by atoms with E-state index in [1.165, 1.54) is 26.0 Å². The highest BCUT2D eigenvalue weighted by Gasteiger charge is 2.38. The maximum absolute atomic E-state index is 12.6. The minimum Gasteiger partial charge on any atom is -0.497 e. The smallest absolute Gasteiger partial charge is 0.312 e. The van der Waals surface area contributed by atoms with Crippen LogP contribution in [0.1, 0.15) is 23.7 Å². The summed E-state index contributed by atoms with van der Waals surface area (Å²) in [7, 11) is 3.03. The molecule has 0 spiro atoms. The molecule has 1 amide bonds. The van der Waals surface area contributed by atoms with E-state index in [1.54, 1.807) is 42.5 Å². The number of hydrogen-bond acceptors (Lipinski definition) is 6. The predicted molar refractivity (Wildman–Crippen MR) is 111 cm³/mol. The number of hydrogen-bond donors (Lipinski definition) is 0. The number of benzene rings is 2. The van der Waals surface area contributed by atoms with Crippen LogP contribution in [-0.4, -0.2) is 44.5 Å². The number of methoxy groups -OCH3 is 2. The van der Waals surface area contributed by atoms with E-state index in [0.717, 1.165) is 0 Å². The molecule has 0 radical (unpaired) electrons. The van der Waals surface area contributed by atoms with Gasteiger partial charge in [-0.2, -0.15) is 0 Å². The Bertz CT molecular complexity index is 959. The Balaban J connectivity index is 1.69. The van der Waals surface area contributed by atoms with Crippen molar-refractivity contribution in [2.24, 2.45) is 5.92 Å². The van der Waals surface area contributed by atoms with Gasteiger partial charge >= 0.3 is 5.97 Å². The van der Waals surface area contributed by atoms with Crippen LogP contribution in [0.2, 0.25) is 5.02 Å². The number of anilines is 1. The summed E-state index contributed by atoms with van der Waals surface area (Å²) in [5.74, 6) is -0.802. The summed E-state index contributed by atoms with van der Waals surface area (Å²) in [6, 6.07) is 11.4. The summed E-state index contributed by atoms with van der Waals surface area (Å²) in [5, 5.41) is 0.508. The van der Waals surface area contributed by atoms with Gasteiger partial charge in [-0.05, 0) is 43.3 Å². The summed E-state index contributed by atoms with van der Waals surface area (Å²) < 4.78 is 15.9. The fourth-order valence-corrected chi connectivity index (χ4v) is 3.40. The van der Waals surface area contributed by atoms with E-state index >= 15 is 0 Å². The molecule has 1 saturated heterocycles. The lowest BCUT2D eigenvalue weighted by Gasteiger charge is -2.20. The second kappa shape index (κ2) is 9.17. The van der Waals surface area contributed by atoms with Crippen LogP contribution < -0.4 is 14.4 Å². The lowest BCUT2D eigenvalue weighted by Crippen LogP contribution is -2.30. The number of carbonyl (C=O) groups is 3. The van der Waals surface area contributed by atoms with Crippen molar-refractivity contribution >= 4 is 34.9 Å². The molecule has 158 valence electrons. The maximum atomic E-state index is 12.6. The number of rotatable bonds is 7. The average molecular weight is 432 g/mol. The largest absolute Gasteiger partial charge is 0.497 e. The van der Waals surface area contributed by atoms with Crippen LogP contribution in [0, 0.1) is 5.92 Å². The summed E-state index contributed by atoms with van der Waals surface area (Å²) in [6.07, 6.45) is -0.990. The number of halogens is 1. The zero-order valence-electron chi connectivity index (χ0n) is 16.9. The molecule has 30 heavy (non-hydrogen) atoms. The lowest BCUT2D eigenvalue weighted by atomic mass is 10.1. The molecule has 8 heteroatoms. The molecule has 0 N–H and O–H groups in total. The number of carbonyl (C=O) groups excluding carboxylic acids is 3. The molecule has 0 aliphatic carbocycles. The van der Waals surface area contributed by atoms with E-state index in [0.29, 0.717) is 27.8 Å². The monoisotopic (exact) mass is 431 g/mol.